The van der Waals surface area contributed by atoms with Crippen LogP contribution in [0.1, 0.15) is 39.0 Å². The van der Waals surface area contributed by atoms with Crippen molar-refractivity contribution in [2.24, 2.45) is 0 Å². The Morgan fingerprint density at radius 1 is 1.08 bits per heavy atom. The van der Waals surface area contributed by atoms with Crippen molar-refractivity contribution in [1.82, 2.24) is 0 Å². The molecule has 0 unspecified atom stereocenters. The van der Waals surface area contributed by atoms with Crippen LogP contribution in [-0.2, 0) is 32.5 Å². The molecular formula is C7H16AgO3S. The van der Waals surface area contributed by atoms with Gasteiger partial charge in [0.15, 0.2) is 0 Å². The smallest absolute Gasteiger partial charge is 0.264 e. The summed E-state index contributed by atoms with van der Waals surface area (Å²) in [5, 5.41) is 0. The second-order valence-corrected chi connectivity index (χ2v) is 4.27. The van der Waals surface area contributed by atoms with Gasteiger partial charge in [-0.1, -0.05) is 32.6 Å². The number of hydrogen-bond donors (Lipinski definition) is 1. The van der Waals surface area contributed by atoms with Crippen LogP contribution in [0.25, 0.3) is 0 Å². The third kappa shape index (κ3) is 13.3. The Bertz CT molecular complexity index is 177. The molecule has 0 aromatic carbocycles. The Kier molecular flexibility index (Phi) is 10.4. The van der Waals surface area contributed by atoms with Gasteiger partial charge in [0.25, 0.3) is 10.1 Å². The predicted molar refractivity (Wildman–Crippen MR) is 45.2 cm³/mol. The fourth-order valence-electron chi connectivity index (χ4n) is 0.888. The van der Waals surface area contributed by atoms with Crippen LogP contribution in [0, 0.1) is 0 Å². The Morgan fingerprint density at radius 2 is 1.58 bits per heavy atom. The van der Waals surface area contributed by atoms with Gasteiger partial charge in [-0.15, -0.1) is 0 Å². The third-order valence-electron chi connectivity index (χ3n) is 1.51. The van der Waals surface area contributed by atoms with E-state index >= 15 is 0 Å². The van der Waals surface area contributed by atoms with E-state index < -0.39 is 10.1 Å². The molecule has 0 aromatic heterocycles. The van der Waals surface area contributed by atoms with Gasteiger partial charge in [0.2, 0.25) is 0 Å². The van der Waals surface area contributed by atoms with Crippen molar-refractivity contribution in [1.29, 1.82) is 0 Å². The number of rotatable bonds is 6. The Morgan fingerprint density at radius 3 is 2.00 bits per heavy atom. The largest absolute Gasteiger partial charge is 0.286 e. The molecule has 0 rings (SSSR count). The van der Waals surface area contributed by atoms with Crippen LogP contribution in [0.2, 0.25) is 0 Å². The first-order chi connectivity index (χ1) is 5.06. The molecule has 0 aromatic rings. The molecule has 5 heteroatoms. The summed E-state index contributed by atoms with van der Waals surface area (Å²) in [6, 6.07) is 0. The maximum atomic E-state index is 10.2. The molecule has 1 radical (unpaired) electrons. The Labute approximate surface area is 90.2 Å². The zero-order valence-electron chi connectivity index (χ0n) is 7.22. The first-order valence-electron chi connectivity index (χ1n) is 4.01. The second kappa shape index (κ2) is 8.26. The monoisotopic (exact) mass is 287 g/mol. The van der Waals surface area contributed by atoms with Gasteiger partial charge in [-0.3, -0.25) is 4.55 Å². The van der Waals surface area contributed by atoms with E-state index in [0.29, 0.717) is 6.42 Å². The van der Waals surface area contributed by atoms with Crippen molar-refractivity contribution in [2.75, 3.05) is 5.75 Å². The van der Waals surface area contributed by atoms with Crippen molar-refractivity contribution in [3.05, 3.63) is 0 Å². The van der Waals surface area contributed by atoms with E-state index in [9.17, 15) is 8.42 Å². The first kappa shape index (κ1) is 15.1. The van der Waals surface area contributed by atoms with Crippen LogP contribution in [0.3, 0.4) is 0 Å². The molecule has 0 aliphatic rings. The molecule has 0 spiro atoms. The van der Waals surface area contributed by atoms with Gasteiger partial charge >= 0.3 is 0 Å². The van der Waals surface area contributed by atoms with Gasteiger partial charge in [-0.25, -0.2) is 0 Å². The Hall–Kier alpha value is 0.650. The fourth-order valence-corrected chi connectivity index (χ4v) is 1.46. The van der Waals surface area contributed by atoms with Crippen LogP contribution >= 0.6 is 0 Å². The summed E-state index contributed by atoms with van der Waals surface area (Å²) in [6.45, 7) is 2.10. The van der Waals surface area contributed by atoms with Crippen LogP contribution in [-0.4, -0.2) is 18.7 Å². The molecule has 3 nitrogen and oxygen atoms in total. The molecule has 79 valence electrons. The molecule has 12 heavy (non-hydrogen) atoms. The topological polar surface area (TPSA) is 54.4 Å². The minimum atomic E-state index is -3.71. The van der Waals surface area contributed by atoms with E-state index in [0.717, 1.165) is 25.7 Å². The zero-order valence-corrected chi connectivity index (χ0v) is 9.51. The summed E-state index contributed by atoms with van der Waals surface area (Å²) in [7, 11) is -3.71. The molecule has 0 saturated carbocycles. The molecular weight excluding hydrogens is 272 g/mol. The van der Waals surface area contributed by atoms with Crippen LogP contribution in [0.4, 0.5) is 0 Å². The third-order valence-corrected chi connectivity index (χ3v) is 2.31. The van der Waals surface area contributed by atoms with Crippen LogP contribution in [0.5, 0.6) is 0 Å². The maximum absolute atomic E-state index is 10.2. The molecule has 0 amide bonds. The average Bonchev–Trinajstić information content (AvgIpc) is 1.85. The quantitative estimate of drug-likeness (QED) is 0.461. The van der Waals surface area contributed by atoms with Gasteiger partial charge in [0.05, 0.1) is 5.75 Å². The van der Waals surface area contributed by atoms with E-state index in [1.807, 2.05) is 0 Å². The predicted octanol–water partition coefficient (Wildman–Crippen LogP) is 1.84. The summed E-state index contributed by atoms with van der Waals surface area (Å²) in [5.74, 6) is -0.0866. The standard InChI is InChI=1S/C7H16O3S.Ag/c1-2-3-4-5-6-7-11(8,9)10;/h2-7H2,1H3,(H,8,9,10);. The summed E-state index contributed by atoms with van der Waals surface area (Å²) >= 11 is 0. The van der Waals surface area contributed by atoms with E-state index in [1.54, 1.807) is 0 Å². The Balaban J connectivity index is 0. The summed E-state index contributed by atoms with van der Waals surface area (Å²) < 4.78 is 28.8. The molecule has 0 fully saturated rings. The molecule has 0 bridgehead atoms. The average molecular weight is 288 g/mol. The van der Waals surface area contributed by atoms with Crippen LogP contribution in [0.15, 0.2) is 0 Å². The summed E-state index contributed by atoms with van der Waals surface area (Å²) in [6.07, 6.45) is 4.83. The minimum absolute atomic E-state index is 0. The van der Waals surface area contributed by atoms with Gasteiger partial charge in [0, 0.05) is 22.4 Å². The summed E-state index contributed by atoms with van der Waals surface area (Å²) in [5.41, 5.74) is 0. The van der Waals surface area contributed by atoms with Gasteiger partial charge in [-0.2, -0.15) is 8.42 Å². The zero-order chi connectivity index (χ0) is 8.74. The second-order valence-electron chi connectivity index (χ2n) is 2.70. The van der Waals surface area contributed by atoms with Crippen LogP contribution < -0.4 is 0 Å². The van der Waals surface area contributed by atoms with Crippen molar-refractivity contribution >= 4 is 10.1 Å². The van der Waals surface area contributed by atoms with E-state index in [-0.39, 0.29) is 28.1 Å². The number of hydrogen-bond acceptors (Lipinski definition) is 2. The maximum Gasteiger partial charge on any atom is 0.264 e. The molecule has 0 aliphatic heterocycles. The number of unbranched alkanes of at least 4 members (excludes halogenated alkanes) is 4. The molecule has 1 N–H and O–H groups in total. The van der Waals surface area contributed by atoms with E-state index in [1.165, 1.54) is 0 Å². The van der Waals surface area contributed by atoms with Crippen molar-refractivity contribution < 1.29 is 35.4 Å². The molecule has 0 heterocycles. The normalized spacial score (nSPS) is 10.8. The van der Waals surface area contributed by atoms with Gasteiger partial charge in [-0.05, 0) is 6.42 Å². The van der Waals surface area contributed by atoms with Gasteiger partial charge < -0.3 is 0 Å². The van der Waals surface area contributed by atoms with Crippen molar-refractivity contribution in [3.8, 4) is 0 Å². The van der Waals surface area contributed by atoms with Crippen molar-refractivity contribution in [3.63, 3.8) is 0 Å². The SMILES string of the molecule is CCCCCCCS(=O)(=O)O.[Ag]. The molecule has 0 atom stereocenters. The fraction of sp³-hybridized carbons (Fsp3) is 1.00. The molecule has 0 saturated heterocycles. The molecule has 0 aliphatic carbocycles. The minimum Gasteiger partial charge on any atom is -0.286 e. The van der Waals surface area contributed by atoms with Gasteiger partial charge in [0.1, 0.15) is 0 Å². The van der Waals surface area contributed by atoms with E-state index in [2.05, 4.69) is 6.92 Å². The first-order valence-corrected chi connectivity index (χ1v) is 5.62. The van der Waals surface area contributed by atoms with Crippen molar-refractivity contribution in [2.45, 2.75) is 39.0 Å². The van der Waals surface area contributed by atoms with E-state index in [4.69, 9.17) is 4.55 Å². The summed E-state index contributed by atoms with van der Waals surface area (Å²) in [4.78, 5) is 0.